The van der Waals surface area contributed by atoms with Crippen molar-refractivity contribution in [2.24, 2.45) is 11.3 Å². The van der Waals surface area contributed by atoms with Gasteiger partial charge in [0.1, 0.15) is 11.6 Å². The topological polar surface area (TPSA) is 71.9 Å². The Bertz CT molecular complexity index is 989. The molecule has 8 heteroatoms. The van der Waals surface area contributed by atoms with Gasteiger partial charge in [0.25, 0.3) is 0 Å². The molecule has 0 bridgehead atoms. The summed E-state index contributed by atoms with van der Waals surface area (Å²) in [7, 11) is 0. The van der Waals surface area contributed by atoms with E-state index in [1.54, 1.807) is 17.0 Å². The van der Waals surface area contributed by atoms with Crippen molar-refractivity contribution in [1.29, 1.82) is 0 Å². The Kier molecular flexibility index (Phi) is 8.33. The van der Waals surface area contributed by atoms with Crippen LogP contribution in [0.4, 0.5) is 14.5 Å². The predicted molar refractivity (Wildman–Crippen MR) is 128 cm³/mol. The van der Waals surface area contributed by atoms with Crippen molar-refractivity contribution in [1.82, 2.24) is 4.98 Å². The van der Waals surface area contributed by atoms with Gasteiger partial charge in [-0.1, -0.05) is 40.5 Å². The van der Waals surface area contributed by atoms with Gasteiger partial charge in [-0.05, 0) is 36.5 Å². The van der Waals surface area contributed by atoms with Crippen LogP contribution in [0.1, 0.15) is 53.4 Å². The third-order valence-electron chi connectivity index (χ3n) is 6.22. The zero-order valence-electron chi connectivity index (χ0n) is 20.4. The molecule has 2 heterocycles. The molecule has 1 fully saturated rings. The fourth-order valence-electron chi connectivity index (χ4n) is 4.18. The maximum absolute atomic E-state index is 15.3. The molecule has 1 aliphatic heterocycles. The average Bonchev–Trinajstić information content (AvgIpc) is 3.10. The van der Waals surface area contributed by atoms with Crippen molar-refractivity contribution < 1.29 is 28.2 Å². The summed E-state index contributed by atoms with van der Waals surface area (Å²) in [4.78, 5) is 17.7. The Morgan fingerprint density at radius 2 is 1.74 bits per heavy atom. The number of aromatic nitrogens is 1. The number of carboxylic acids is 1. The van der Waals surface area contributed by atoms with Gasteiger partial charge in [-0.15, -0.1) is 0 Å². The molecule has 1 saturated heterocycles. The second-order valence-corrected chi connectivity index (χ2v) is 9.45. The molecule has 1 aromatic carbocycles. The van der Waals surface area contributed by atoms with Crippen LogP contribution in [-0.4, -0.2) is 42.4 Å². The molecule has 0 saturated carbocycles. The summed E-state index contributed by atoms with van der Waals surface area (Å²) in [6, 6.07) is 5.65. The quantitative estimate of drug-likeness (QED) is 0.405. The second kappa shape index (κ2) is 11.0. The molecule has 0 spiro atoms. The Morgan fingerprint density at radius 1 is 1.12 bits per heavy atom. The summed E-state index contributed by atoms with van der Waals surface area (Å²) in [5.74, 6) is -2.57. The van der Waals surface area contributed by atoms with Gasteiger partial charge in [-0.3, -0.25) is 4.79 Å². The van der Waals surface area contributed by atoms with Crippen LogP contribution in [0.15, 0.2) is 24.3 Å². The van der Waals surface area contributed by atoms with Crippen LogP contribution in [0.25, 0.3) is 11.1 Å². The normalized spacial score (nSPS) is 17.1. The Hall–Kier alpha value is -2.90. The molecule has 0 aliphatic carbocycles. The van der Waals surface area contributed by atoms with E-state index in [9.17, 15) is 9.90 Å². The van der Waals surface area contributed by atoms with E-state index in [1.807, 2.05) is 20.8 Å². The van der Waals surface area contributed by atoms with Crippen molar-refractivity contribution in [3.63, 3.8) is 0 Å². The number of pyridine rings is 1. The third-order valence-corrected chi connectivity index (χ3v) is 6.22. The molecule has 6 nitrogen and oxygen atoms in total. The van der Waals surface area contributed by atoms with Crippen molar-refractivity contribution in [3.05, 3.63) is 35.9 Å². The van der Waals surface area contributed by atoms with Gasteiger partial charge >= 0.3 is 5.97 Å². The molecule has 34 heavy (non-hydrogen) atoms. The maximum atomic E-state index is 15.3. The Morgan fingerprint density at radius 3 is 2.29 bits per heavy atom. The summed E-state index contributed by atoms with van der Waals surface area (Å²) >= 11 is 0. The molecule has 1 aliphatic rings. The maximum Gasteiger partial charge on any atom is 0.308 e. The van der Waals surface area contributed by atoms with Crippen LogP contribution in [0.2, 0.25) is 0 Å². The number of anilines is 1. The number of rotatable bonds is 11. The van der Waals surface area contributed by atoms with Gasteiger partial charge in [0.2, 0.25) is 11.8 Å². The minimum atomic E-state index is -0.911. The van der Waals surface area contributed by atoms with Gasteiger partial charge in [0.15, 0.2) is 0 Å². The summed E-state index contributed by atoms with van der Waals surface area (Å²) in [5.41, 5.74) is -0.215. The van der Waals surface area contributed by atoms with Crippen molar-refractivity contribution in [2.45, 2.75) is 53.4 Å². The first-order valence-corrected chi connectivity index (χ1v) is 11.9. The number of aliphatic carboxylic acids is 1. The van der Waals surface area contributed by atoms with Crippen molar-refractivity contribution in [2.75, 3.05) is 31.2 Å². The smallest absolute Gasteiger partial charge is 0.308 e. The lowest BCUT2D eigenvalue weighted by Gasteiger charge is -2.23. The largest absolute Gasteiger partial charge is 0.481 e. The standard InChI is InChI=1S/C26H34F2N2O4/c1-5-7-11-33-22-10-9-18(24(29-22)34-12-8-6-2)23-20(27)13-17(14-21(23)28)30-15-19(25(31)32)26(3,4)16-30/h9-10,13-14,19H,5-8,11-12,15-16H2,1-4H3,(H,31,32)/t19-/m1/s1. The predicted octanol–water partition coefficient (Wildman–Crippen LogP) is 5.93. The number of hydrogen-bond donors (Lipinski definition) is 1. The molecule has 2 aromatic rings. The SMILES string of the molecule is CCCCOc1ccc(-c2c(F)cc(N3C[C@H](C(=O)O)C(C)(C)C3)cc2F)c(OCCCC)n1. The van der Waals surface area contributed by atoms with Crippen molar-refractivity contribution in [3.8, 4) is 22.9 Å². The molecule has 1 N–H and O–H groups in total. The molecule has 3 rings (SSSR count). The second-order valence-electron chi connectivity index (χ2n) is 9.45. The minimum absolute atomic E-state index is 0.126. The van der Waals surface area contributed by atoms with E-state index in [4.69, 9.17) is 9.47 Å². The molecular formula is C26H34F2N2O4. The Balaban J connectivity index is 1.93. The van der Waals surface area contributed by atoms with E-state index in [-0.39, 0.29) is 23.6 Å². The van der Waals surface area contributed by atoms with Crippen molar-refractivity contribution >= 4 is 11.7 Å². The lowest BCUT2D eigenvalue weighted by Crippen LogP contribution is -2.28. The van der Waals surface area contributed by atoms with E-state index >= 15 is 8.78 Å². The molecule has 1 atom stereocenters. The highest BCUT2D eigenvalue weighted by molar-refractivity contribution is 5.75. The number of carboxylic acid groups (broad SMARTS) is 1. The van der Waals surface area contributed by atoms with Gasteiger partial charge in [-0.25, -0.2) is 8.78 Å². The highest BCUT2D eigenvalue weighted by Gasteiger charge is 2.44. The summed E-state index contributed by atoms with van der Waals surface area (Å²) in [6.45, 7) is 9.23. The third kappa shape index (κ3) is 5.77. The van der Waals surface area contributed by atoms with Crippen LogP contribution in [-0.2, 0) is 4.79 Å². The number of nitrogens with zero attached hydrogens (tertiary/aromatic N) is 2. The van der Waals surface area contributed by atoms with E-state index in [1.165, 1.54) is 12.1 Å². The van der Waals surface area contributed by atoms with Crippen LogP contribution >= 0.6 is 0 Å². The van der Waals surface area contributed by atoms with Crippen LogP contribution in [0, 0.1) is 23.0 Å². The number of ether oxygens (including phenoxy) is 2. The minimum Gasteiger partial charge on any atom is -0.481 e. The zero-order valence-corrected chi connectivity index (χ0v) is 20.4. The monoisotopic (exact) mass is 476 g/mol. The molecule has 0 radical (unpaired) electrons. The summed E-state index contributed by atoms with van der Waals surface area (Å²) < 4.78 is 42.1. The van der Waals surface area contributed by atoms with E-state index in [0.717, 1.165) is 25.7 Å². The lowest BCUT2D eigenvalue weighted by atomic mass is 9.82. The first-order valence-electron chi connectivity index (χ1n) is 11.9. The van der Waals surface area contributed by atoms with Crippen LogP contribution < -0.4 is 14.4 Å². The lowest BCUT2D eigenvalue weighted by molar-refractivity contribution is -0.143. The van der Waals surface area contributed by atoms with Gasteiger partial charge in [-0.2, -0.15) is 4.98 Å². The highest BCUT2D eigenvalue weighted by Crippen LogP contribution is 2.41. The van der Waals surface area contributed by atoms with Gasteiger partial charge in [0.05, 0.1) is 30.3 Å². The van der Waals surface area contributed by atoms with E-state index in [2.05, 4.69) is 11.9 Å². The van der Waals surface area contributed by atoms with Gasteiger partial charge in [0, 0.05) is 24.8 Å². The fraction of sp³-hybridized carbons (Fsp3) is 0.538. The van der Waals surface area contributed by atoms with Gasteiger partial charge < -0.3 is 19.5 Å². The number of halogens is 2. The zero-order chi connectivity index (χ0) is 24.9. The molecular weight excluding hydrogens is 442 g/mol. The number of hydrogen-bond acceptors (Lipinski definition) is 5. The average molecular weight is 477 g/mol. The van der Waals surface area contributed by atoms with E-state index < -0.39 is 28.9 Å². The first kappa shape index (κ1) is 25.7. The molecule has 0 amide bonds. The Labute approximate surface area is 199 Å². The molecule has 186 valence electrons. The first-order chi connectivity index (χ1) is 16.2. The van der Waals surface area contributed by atoms with Crippen LogP contribution in [0.3, 0.4) is 0 Å². The van der Waals surface area contributed by atoms with Crippen LogP contribution in [0.5, 0.6) is 11.8 Å². The molecule has 0 unspecified atom stereocenters. The number of benzene rings is 1. The molecule has 1 aromatic heterocycles. The van der Waals surface area contributed by atoms with E-state index in [0.29, 0.717) is 31.3 Å². The summed E-state index contributed by atoms with van der Waals surface area (Å²) in [5, 5.41) is 9.52. The summed E-state index contributed by atoms with van der Waals surface area (Å²) in [6.07, 6.45) is 3.53. The highest BCUT2D eigenvalue weighted by atomic mass is 19.1. The fourth-order valence-corrected chi connectivity index (χ4v) is 4.18. The number of carbonyl (C=O) groups is 1. The number of unbranched alkanes of at least 4 members (excludes halogenated alkanes) is 2.